The normalized spacial score (nSPS) is 20.0. The molecule has 0 spiro atoms. The molecule has 15 heteroatoms. The zero-order valence-corrected chi connectivity index (χ0v) is 36.3. The minimum Gasteiger partial charge on any atom is -0.463 e. The van der Waals surface area contributed by atoms with Gasteiger partial charge in [0.25, 0.3) is 0 Å². The lowest BCUT2D eigenvalue weighted by Gasteiger charge is -2.44. The molecule has 1 saturated heterocycles. The van der Waals surface area contributed by atoms with Crippen molar-refractivity contribution in [3.63, 3.8) is 0 Å². The van der Waals surface area contributed by atoms with Crippen LogP contribution in [0.4, 0.5) is 0 Å². The van der Waals surface area contributed by atoms with Crippen LogP contribution in [-0.2, 0) is 57.1 Å². The Bertz CT molecular complexity index is 1640. The van der Waals surface area contributed by atoms with Crippen LogP contribution in [0.2, 0.25) is 0 Å². The molecular formula is C46H65NO14. The maximum Gasteiger partial charge on any atom is 0.338 e. The minimum absolute atomic E-state index is 0.235. The second-order valence-electron chi connectivity index (χ2n) is 15.3. The van der Waals surface area contributed by atoms with Crippen LogP contribution < -0.4 is 5.73 Å². The molecule has 61 heavy (non-hydrogen) atoms. The Morgan fingerprint density at radius 1 is 0.590 bits per heavy atom. The first-order chi connectivity index (χ1) is 29.3. The van der Waals surface area contributed by atoms with Crippen LogP contribution >= 0.6 is 0 Å². The molecule has 1 aliphatic heterocycles. The van der Waals surface area contributed by atoms with Gasteiger partial charge in [0.05, 0.1) is 23.8 Å². The number of carbonyl (C=O) groups is 6. The predicted molar refractivity (Wildman–Crippen MR) is 223 cm³/mol. The highest BCUT2D eigenvalue weighted by molar-refractivity contribution is 5.90. The van der Waals surface area contributed by atoms with Gasteiger partial charge in [0, 0.05) is 27.7 Å². The van der Waals surface area contributed by atoms with Crippen molar-refractivity contribution < 1.29 is 66.7 Å². The fourth-order valence-corrected chi connectivity index (χ4v) is 7.09. The molecule has 338 valence electrons. The third-order valence-corrected chi connectivity index (χ3v) is 10.1. The highest BCUT2D eigenvalue weighted by atomic mass is 16.7. The van der Waals surface area contributed by atoms with E-state index >= 15 is 0 Å². The molecule has 0 aliphatic carbocycles. The summed E-state index contributed by atoms with van der Waals surface area (Å²) in [5.41, 5.74) is 7.35. The van der Waals surface area contributed by atoms with Gasteiger partial charge in [-0.2, -0.15) is 0 Å². The monoisotopic (exact) mass is 855 g/mol. The van der Waals surface area contributed by atoms with Gasteiger partial charge in [0.15, 0.2) is 30.7 Å². The molecule has 1 fully saturated rings. The number of unbranched alkanes of at least 4 members (excludes halogenated alkanes) is 11. The van der Waals surface area contributed by atoms with E-state index in [1.54, 1.807) is 60.7 Å². The Morgan fingerprint density at radius 2 is 1.05 bits per heavy atom. The number of rotatable bonds is 27. The van der Waals surface area contributed by atoms with Gasteiger partial charge < -0.3 is 43.6 Å². The SMILES string of the molecule is CCCCCCCCCCCCCC[C@@H](OC(=O)c1ccccc1)[C@@H](OC(=O)c1ccccc1)[C@@H](N)COC1OC(COC(C)=O)C(OC(C)=O)C(OC(C)=O)C1OC(C)=O. The van der Waals surface area contributed by atoms with Crippen LogP contribution in [0, 0.1) is 0 Å². The Hall–Kier alpha value is -4.86. The van der Waals surface area contributed by atoms with Crippen molar-refractivity contribution in [1.82, 2.24) is 0 Å². The second-order valence-corrected chi connectivity index (χ2v) is 15.3. The third-order valence-electron chi connectivity index (χ3n) is 10.1. The number of nitrogens with two attached hydrogens (primary N) is 1. The van der Waals surface area contributed by atoms with E-state index in [-0.39, 0.29) is 11.1 Å². The molecule has 0 aromatic heterocycles. The van der Waals surface area contributed by atoms with Crippen molar-refractivity contribution in [3.05, 3.63) is 71.8 Å². The van der Waals surface area contributed by atoms with Crippen LogP contribution in [0.15, 0.2) is 60.7 Å². The summed E-state index contributed by atoms with van der Waals surface area (Å²) < 4.78 is 46.1. The topological polar surface area (TPSA) is 202 Å². The summed E-state index contributed by atoms with van der Waals surface area (Å²) in [6.45, 7) is 5.81. The van der Waals surface area contributed by atoms with Crippen LogP contribution in [0.1, 0.15) is 139 Å². The summed E-state index contributed by atoms with van der Waals surface area (Å²) >= 11 is 0. The van der Waals surface area contributed by atoms with E-state index in [9.17, 15) is 28.8 Å². The molecule has 15 nitrogen and oxygen atoms in total. The fraction of sp³-hybridized carbons (Fsp3) is 0.609. The van der Waals surface area contributed by atoms with Gasteiger partial charge in [0.2, 0.25) is 0 Å². The number of ether oxygens (including phenoxy) is 8. The van der Waals surface area contributed by atoms with Crippen LogP contribution in [0.5, 0.6) is 0 Å². The van der Waals surface area contributed by atoms with Gasteiger partial charge in [-0.25, -0.2) is 9.59 Å². The number of hydrogen-bond donors (Lipinski definition) is 1. The minimum atomic E-state index is -1.54. The number of benzene rings is 2. The zero-order chi connectivity index (χ0) is 44.6. The second kappa shape index (κ2) is 27.9. The molecule has 1 heterocycles. The molecular weight excluding hydrogens is 790 g/mol. The number of carbonyl (C=O) groups excluding carboxylic acids is 6. The third kappa shape index (κ3) is 18.7. The summed E-state index contributed by atoms with van der Waals surface area (Å²) in [5.74, 6) is -4.44. The van der Waals surface area contributed by atoms with Crippen molar-refractivity contribution in [2.24, 2.45) is 5.73 Å². The summed E-state index contributed by atoms with van der Waals surface area (Å²) in [6.07, 6.45) is 4.25. The van der Waals surface area contributed by atoms with Crippen LogP contribution in [0.3, 0.4) is 0 Å². The average Bonchev–Trinajstić information content (AvgIpc) is 3.23. The molecule has 8 atom stereocenters. The van der Waals surface area contributed by atoms with E-state index in [4.69, 9.17) is 43.6 Å². The molecule has 0 saturated carbocycles. The predicted octanol–water partition coefficient (Wildman–Crippen LogP) is 6.96. The van der Waals surface area contributed by atoms with Crippen LogP contribution in [0.25, 0.3) is 0 Å². The summed E-state index contributed by atoms with van der Waals surface area (Å²) in [6, 6.07) is 15.5. The summed E-state index contributed by atoms with van der Waals surface area (Å²) in [4.78, 5) is 76.0. The molecule has 1 aliphatic rings. The van der Waals surface area contributed by atoms with Crippen molar-refractivity contribution in [2.75, 3.05) is 13.2 Å². The Labute approximate surface area is 359 Å². The number of esters is 6. The quantitative estimate of drug-likeness (QED) is 0.0549. The van der Waals surface area contributed by atoms with Gasteiger partial charge in [-0.1, -0.05) is 114 Å². The van der Waals surface area contributed by atoms with Crippen molar-refractivity contribution in [2.45, 2.75) is 167 Å². The lowest BCUT2D eigenvalue weighted by atomic mass is 9.97. The zero-order valence-electron chi connectivity index (χ0n) is 36.3. The Kier molecular flexibility index (Phi) is 23.1. The highest BCUT2D eigenvalue weighted by Gasteiger charge is 2.53. The van der Waals surface area contributed by atoms with Crippen molar-refractivity contribution in [1.29, 1.82) is 0 Å². The molecule has 5 unspecified atom stereocenters. The first-order valence-electron chi connectivity index (χ1n) is 21.5. The first kappa shape index (κ1) is 50.5. The maximum absolute atomic E-state index is 13.6. The van der Waals surface area contributed by atoms with E-state index in [0.29, 0.717) is 12.8 Å². The first-order valence-corrected chi connectivity index (χ1v) is 21.5. The van der Waals surface area contributed by atoms with E-state index in [0.717, 1.165) is 53.4 Å². The van der Waals surface area contributed by atoms with E-state index < -0.39 is 98.0 Å². The van der Waals surface area contributed by atoms with Gasteiger partial charge in [-0.15, -0.1) is 0 Å². The molecule has 0 radical (unpaired) electrons. The molecule has 2 aromatic carbocycles. The van der Waals surface area contributed by atoms with Gasteiger partial charge >= 0.3 is 35.8 Å². The van der Waals surface area contributed by atoms with Gasteiger partial charge in [0.1, 0.15) is 18.8 Å². The Balaban J connectivity index is 1.88. The molecule has 0 amide bonds. The van der Waals surface area contributed by atoms with E-state index in [1.807, 2.05) is 0 Å². The summed E-state index contributed by atoms with van der Waals surface area (Å²) in [7, 11) is 0. The molecule has 2 aromatic rings. The lowest BCUT2D eigenvalue weighted by molar-refractivity contribution is -0.309. The lowest BCUT2D eigenvalue weighted by Crippen LogP contribution is -2.63. The highest BCUT2D eigenvalue weighted by Crippen LogP contribution is 2.31. The van der Waals surface area contributed by atoms with Crippen molar-refractivity contribution >= 4 is 35.8 Å². The molecule has 3 rings (SSSR count). The average molecular weight is 856 g/mol. The molecule has 2 N–H and O–H groups in total. The van der Waals surface area contributed by atoms with Gasteiger partial charge in [-0.3, -0.25) is 19.2 Å². The molecule has 0 bridgehead atoms. The Morgan fingerprint density at radius 3 is 1.54 bits per heavy atom. The fourth-order valence-electron chi connectivity index (χ4n) is 7.09. The van der Waals surface area contributed by atoms with E-state index in [2.05, 4.69) is 6.92 Å². The van der Waals surface area contributed by atoms with E-state index in [1.165, 1.54) is 44.9 Å². The van der Waals surface area contributed by atoms with Crippen LogP contribution in [-0.4, -0.2) is 98.0 Å². The summed E-state index contributed by atoms with van der Waals surface area (Å²) in [5, 5.41) is 0. The largest absolute Gasteiger partial charge is 0.463 e. The maximum atomic E-state index is 13.6. The van der Waals surface area contributed by atoms with Crippen molar-refractivity contribution in [3.8, 4) is 0 Å². The number of hydrogen-bond acceptors (Lipinski definition) is 15. The standard InChI is InChI=1S/C46H65NO14/c1-6-7-8-9-10-11-12-13-14-15-16-23-28-38(59-44(52)35-24-19-17-20-25-35)40(61-45(53)36-26-21-18-22-27-36)37(47)29-55-46-43(58-34(5)51)42(57-33(4)50)41(56-32(3)49)39(60-46)30-54-31(2)48/h17-22,24-27,37-43,46H,6-16,23,28-30,47H2,1-5H3/t37-,38+,39?,40-,41?,42?,43?,46?/m0/s1. The van der Waals surface area contributed by atoms with Gasteiger partial charge in [-0.05, 0) is 37.1 Å². The smallest absolute Gasteiger partial charge is 0.338 e.